The Bertz CT molecular complexity index is 1420. The van der Waals surface area contributed by atoms with Crippen LogP contribution in [0, 0.1) is 11.3 Å². The van der Waals surface area contributed by atoms with Crippen LogP contribution in [0.25, 0.3) is 11.3 Å². The SMILES string of the molecule is N#Cc1cnc(NCCNc2nccc(-c3ccc(C(C(N)=O)c4cccc(Br)c4)cc3)n2)nc1N. The lowest BCUT2D eigenvalue weighted by molar-refractivity contribution is -0.118. The molecule has 2 aromatic heterocycles. The number of hydrogen-bond donors (Lipinski definition) is 4. The highest BCUT2D eigenvalue weighted by Crippen LogP contribution is 2.28. The van der Waals surface area contributed by atoms with Crippen molar-refractivity contribution in [3.05, 3.63) is 88.2 Å². The van der Waals surface area contributed by atoms with Crippen molar-refractivity contribution in [1.82, 2.24) is 19.9 Å². The fraction of sp³-hybridized carbons (Fsp3) is 0.120. The van der Waals surface area contributed by atoms with Crippen molar-refractivity contribution in [2.45, 2.75) is 5.92 Å². The third-order valence-electron chi connectivity index (χ3n) is 5.29. The second kappa shape index (κ2) is 11.2. The molecule has 0 saturated carbocycles. The standard InChI is InChI=1S/C25H22BrN9O/c26-19-3-1-2-17(12-19)21(23(29)36)16-6-4-15(5-7-16)20-8-9-30-24(34-20)31-10-11-32-25-33-14-18(13-27)22(28)35-25/h1-9,12,14,21H,10-11H2,(H2,29,36)(H,30,31,34)(H3,28,32,33,35). The highest BCUT2D eigenvalue weighted by molar-refractivity contribution is 9.10. The summed E-state index contributed by atoms with van der Waals surface area (Å²) in [5.74, 6) is -0.0500. The van der Waals surface area contributed by atoms with E-state index in [4.69, 9.17) is 16.7 Å². The summed E-state index contributed by atoms with van der Waals surface area (Å²) in [7, 11) is 0. The highest BCUT2D eigenvalue weighted by Gasteiger charge is 2.20. The molecular weight excluding hydrogens is 522 g/mol. The molecule has 0 saturated heterocycles. The van der Waals surface area contributed by atoms with Crippen LogP contribution in [0.15, 0.2) is 71.5 Å². The van der Waals surface area contributed by atoms with Crippen molar-refractivity contribution >= 4 is 39.6 Å². The van der Waals surface area contributed by atoms with Gasteiger partial charge in [-0.25, -0.2) is 15.0 Å². The third kappa shape index (κ3) is 5.92. The van der Waals surface area contributed by atoms with Gasteiger partial charge >= 0.3 is 0 Å². The maximum atomic E-state index is 12.2. The molecule has 0 fully saturated rings. The molecule has 11 heteroatoms. The van der Waals surface area contributed by atoms with E-state index in [1.165, 1.54) is 6.20 Å². The molecule has 6 N–H and O–H groups in total. The minimum atomic E-state index is -0.554. The molecule has 4 aromatic rings. The molecule has 4 rings (SSSR count). The van der Waals surface area contributed by atoms with Crippen LogP contribution in [0.5, 0.6) is 0 Å². The smallest absolute Gasteiger partial charge is 0.229 e. The Kier molecular flexibility index (Phi) is 7.67. The number of carbonyl (C=O) groups excluding carboxylic acids is 1. The summed E-state index contributed by atoms with van der Waals surface area (Å²) >= 11 is 3.45. The number of rotatable bonds is 9. The molecular formula is C25H22BrN9O. The van der Waals surface area contributed by atoms with Crippen LogP contribution in [-0.2, 0) is 4.79 Å². The average molecular weight is 544 g/mol. The van der Waals surface area contributed by atoms with E-state index in [2.05, 4.69) is 46.5 Å². The number of aromatic nitrogens is 4. The van der Waals surface area contributed by atoms with E-state index in [0.29, 0.717) is 25.0 Å². The van der Waals surface area contributed by atoms with Gasteiger partial charge in [0.15, 0.2) is 0 Å². The van der Waals surface area contributed by atoms with Crippen LogP contribution >= 0.6 is 15.9 Å². The third-order valence-corrected chi connectivity index (χ3v) is 5.79. The number of nitrogen functional groups attached to an aromatic ring is 1. The molecule has 0 aliphatic carbocycles. The van der Waals surface area contributed by atoms with Crippen LogP contribution in [0.4, 0.5) is 17.7 Å². The highest BCUT2D eigenvalue weighted by atomic mass is 79.9. The molecule has 0 aliphatic heterocycles. The predicted octanol–water partition coefficient (Wildman–Crippen LogP) is 3.29. The molecule has 36 heavy (non-hydrogen) atoms. The Balaban J connectivity index is 1.40. The van der Waals surface area contributed by atoms with Crippen LogP contribution in [0.3, 0.4) is 0 Å². The zero-order valence-electron chi connectivity index (χ0n) is 19.0. The van der Waals surface area contributed by atoms with Gasteiger partial charge < -0.3 is 22.1 Å². The second-order valence-corrected chi connectivity index (χ2v) is 8.65. The van der Waals surface area contributed by atoms with E-state index < -0.39 is 11.8 Å². The number of benzene rings is 2. The van der Waals surface area contributed by atoms with Crippen LogP contribution < -0.4 is 22.1 Å². The lowest BCUT2D eigenvalue weighted by Crippen LogP contribution is -2.22. The Morgan fingerprint density at radius 2 is 1.72 bits per heavy atom. The Labute approximate surface area is 216 Å². The Morgan fingerprint density at radius 3 is 2.36 bits per heavy atom. The van der Waals surface area contributed by atoms with Crippen molar-refractivity contribution in [1.29, 1.82) is 5.26 Å². The fourth-order valence-electron chi connectivity index (χ4n) is 3.57. The number of nitrogens with two attached hydrogens (primary N) is 2. The summed E-state index contributed by atoms with van der Waals surface area (Å²) in [6.07, 6.45) is 3.05. The van der Waals surface area contributed by atoms with Crippen LogP contribution in [0.1, 0.15) is 22.6 Å². The number of nitrogens with one attached hydrogen (secondary N) is 2. The number of halogens is 1. The van der Waals surface area contributed by atoms with Gasteiger partial charge in [-0.3, -0.25) is 4.79 Å². The largest absolute Gasteiger partial charge is 0.382 e. The second-order valence-electron chi connectivity index (χ2n) is 7.74. The zero-order valence-corrected chi connectivity index (χ0v) is 20.6. The van der Waals surface area contributed by atoms with Crippen molar-refractivity contribution in [3.63, 3.8) is 0 Å². The van der Waals surface area contributed by atoms with E-state index in [-0.39, 0.29) is 11.4 Å². The van der Waals surface area contributed by atoms with Gasteiger partial charge in [0.05, 0.1) is 17.8 Å². The fourth-order valence-corrected chi connectivity index (χ4v) is 3.99. The van der Waals surface area contributed by atoms with Gasteiger partial charge in [0.1, 0.15) is 17.5 Å². The van der Waals surface area contributed by atoms with Gasteiger partial charge in [0.25, 0.3) is 0 Å². The first-order valence-corrected chi connectivity index (χ1v) is 11.7. The summed E-state index contributed by atoms with van der Waals surface area (Å²) in [6.45, 7) is 0.982. The van der Waals surface area contributed by atoms with Gasteiger partial charge in [-0.1, -0.05) is 52.3 Å². The number of anilines is 3. The van der Waals surface area contributed by atoms with E-state index >= 15 is 0 Å². The van der Waals surface area contributed by atoms with Crippen molar-refractivity contribution in [3.8, 4) is 17.3 Å². The molecule has 1 atom stereocenters. The normalized spacial score (nSPS) is 11.3. The molecule has 1 unspecified atom stereocenters. The quantitative estimate of drug-likeness (QED) is 0.231. The molecule has 10 nitrogen and oxygen atoms in total. The summed E-state index contributed by atoms with van der Waals surface area (Å²) in [5.41, 5.74) is 14.9. The summed E-state index contributed by atoms with van der Waals surface area (Å²) in [4.78, 5) is 29.1. The van der Waals surface area contributed by atoms with Gasteiger partial charge in [0.2, 0.25) is 17.8 Å². The van der Waals surface area contributed by atoms with E-state index in [9.17, 15) is 4.79 Å². The molecule has 0 radical (unpaired) electrons. The average Bonchev–Trinajstić information content (AvgIpc) is 2.87. The zero-order chi connectivity index (χ0) is 25.5. The number of carbonyl (C=O) groups is 1. The lowest BCUT2D eigenvalue weighted by atomic mass is 9.90. The van der Waals surface area contributed by atoms with Crippen molar-refractivity contribution < 1.29 is 4.79 Å². The van der Waals surface area contributed by atoms with Gasteiger partial charge in [0, 0.05) is 29.3 Å². The molecule has 0 aliphatic rings. The van der Waals surface area contributed by atoms with Gasteiger partial charge in [-0.15, -0.1) is 0 Å². The minimum Gasteiger partial charge on any atom is -0.382 e. The Hall–Kier alpha value is -4.56. The van der Waals surface area contributed by atoms with E-state index in [0.717, 1.165) is 26.9 Å². The number of nitrogens with zero attached hydrogens (tertiary/aromatic N) is 5. The van der Waals surface area contributed by atoms with E-state index in [1.54, 1.807) is 6.20 Å². The number of hydrogen-bond acceptors (Lipinski definition) is 9. The predicted molar refractivity (Wildman–Crippen MR) is 141 cm³/mol. The number of amides is 1. The van der Waals surface area contributed by atoms with Crippen molar-refractivity contribution in [2.24, 2.45) is 5.73 Å². The maximum Gasteiger partial charge on any atom is 0.229 e. The summed E-state index contributed by atoms with van der Waals surface area (Å²) in [6, 6.07) is 18.9. The molecule has 0 bridgehead atoms. The number of nitriles is 1. The van der Waals surface area contributed by atoms with Gasteiger partial charge in [-0.2, -0.15) is 10.2 Å². The minimum absolute atomic E-state index is 0.129. The van der Waals surface area contributed by atoms with E-state index in [1.807, 2.05) is 60.7 Å². The molecule has 1 amide bonds. The molecule has 2 heterocycles. The maximum absolute atomic E-state index is 12.2. The summed E-state index contributed by atoms with van der Waals surface area (Å²) in [5, 5.41) is 15.1. The van der Waals surface area contributed by atoms with Crippen LogP contribution in [-0.4, -0.2) is 38.9 Å². The van der Waals surface area contributed by atoms with Gasteiger partial charge in [-0.05, 0) is 29.3 Å². The summed E-state index contributed by atoms with van der Waals surface area (Å²) < 4.78 is 0.882. The first-order chi connectivity index (χ1) is 17.4. The number of primary amides is 1. The lowest BCUT2D eigenvalue weighted by Gasteiger charge is -2.15. The molecule has 0 spiro atoms. The monoisotopic (exact) mass is 543 g/mol. The topological polar surface area (TPSA) is 169 Å². The van der Waals surface area contributed by atoms with Crippen LogP contribution in [0.2, 0.25) is 0 Å². The molecule has 180 valence electrons. The Morgan fingerprint density at radius 1 is 1.00 bits per heavy atom. The molecule has 2 aromatic carbocycles. The first kappa shape index (κ1) is 24.6. The first-order valence-electron chi connectivity index (χ1n) is 10.9. The van der Waals surface area contributed by atoms with Crippen molar-refractivity contribution in [2.75, 3.05) is 29.5 Å².